The van der Waals surface area contributed by atoms with Gasteiger partial charge >= 0.3 is 35.8 Å². The van der Waals surface area contributed by atoms with Crippen molar-refractivity contribution in [1.29, 1.82) is 0 Å². The zero-order valence-electron chi connectivity index (χ0n) is 40.9. The van der Waals surface area contributed by atoms with Crippen LogP contribution in [-0.4, -0.2) is 87.5 Å². The fourth-order valence-corrected chi connectivity index (χ4v) is 7.62. The molecule has 0 bridgehead atoms. The Bertz CT molecular complexity index is 1160. The number of carbonyl (C=O) groups is 6. The largest absolute Gasteiger partial charge is 0.465 e. The Morgan fingerprint density at radius 2 is 0.719 bits per heavy atom. The summed E-state index contributed by atoms with van der Waals surface area (Å²) in [6.45, 7) is 8.87. The molecule has 1 fully saturated rings. The van der Waals surface area contributed by atoms with E-state index in [0.717, 1.165) is 128 Å². The highest BCUT2D eigenvalue weighted by atomic mass is 16.6. The summed E-state index contributed by atoms with van der Waals surface area (Å²) in [4.78, 5) is 76.2. The SMILES string of the molecule is CCCCCCCCC(=O)OCC(COC(=O)CCCCCCCC)CC(=O)OC[C@@H]1C[C@H](OC(=O)CC(COC(=O)CCCCCCCC)COC(=O)CCCCCCCC)CN1. The van der Waals surface area contributed by atoms with Crippen LogP contribution < -0.4 is 5.32 Å². The fourth-order valence-electron chi connectivity index (χ4n) is 7.62. The van der Waals surface area contributed by atoms with Gasteiger partial charge in [0.15, 0.2) is 0 Å². The molecule has 0 unspecified atom stereocenters. The summed E-state index contributed by atoms with van der Waals surface area (Å²) in [6.07, 6.45) is 26.2. The summed E-state index contributed by atoms with van der Waals surface area (Å²) in [7, 11) is 0. The summed E-state index contributed by atoms with van der Waals surface area (Å²) in [5, 5.41) is 3.24. The van der Waals surface area contributed by atoms with Gasteiger partial charge in [-0.3, -0.25) is 28.8 Å². The van der Waals surface area contributed by atoms with Gasteiger partial charge in [0, 0.05) is 56.5 Å². The lowest BCUT2D eigenvalue weighted by Crippen LogP contribution is -2.30. The van der Waals surface area contributed by atoms with Gasteiger partial charge in [0.25, 0.3) is 0 Å². The first-order valence-corrected chi connectivity index (χ1v) is 25.8. The van der Waals surface area contributed by atoms with Crippen molar-refractivity contribution in [2.24, 2.45) is 11.8 Å². The third kappa shape index (κ3) is 35.1. The van der Waals surface area contributed by atoms with Gasteiger partial charge in [0.2, 0.25) is 0 Å². The highest BCUT2D eigenvalue weighted by molar-refractivity contribution is 5.72. The Morgan fingerprint density at radius 3 is 1.06 bits per heavy atom. The molecule has 1 aliphatic heterocycles. The first-order chi connectivity index (χ1) is 31.1. The first-order valence-electron chi connectivity index (χ1n) is 25.8. The van der Waals surface area contributed by atoms with Gasteiger partial charge in [-0.05, 0) is 25.7 Å². The Kier molecular flexibility index (Phi) is 37.9. The maximum atomic E-state index is 13.1. The van der Waals surface area contributed by atoms with Crippen LogP contribution in [0, 0.1) is 11.8 Å². The number of hydrogen-bond acceptors (Lipinski definition) is 13. The van der Waals surface area contributed by atoms with Crippen molar-refractivity contribution < 1.29 is 57.2 Å². The van der Waals surface area contributed by atoms with Crippen molar-refractivity contribution in [3.63, 3.8) is 0 Å². The number of ether oxygens (including phenoxy) is 6. The van der Waals surface area contributed by atoms with Crippen LogP contribution in [0.5, 0.6) is 0 Å². The molecule has 0 saturated carbocycles. The average Bonchev–Trinajstić information content (AvgIpc) is 3.73. The maximum Gasteiger partial charge on any atom is 0.306 e. The Morgan fingerprint density at radius 1 is 0.406 bits per heavy atom. The lowest BCUT2D eigenvalue weighted by molar-refractivity contribution is -0.157. The Labute approximate surface area is 387 Å². The summed E-state index contributed by atoms with van der Waals surface area (Å²) in [5.74, 6) is -3.41. The molecule has 1 N–H and O–H groups in total. The van der Waals surface area contributed by atoms with Crippen molar-refractivity contribution >= 4 is 35.8 Å². The Balaban J connectivity index is 2.64. The van der Waals surface area contributed by atoms with Crippen LogP contribution in [0.2, 0.25) is 0 Å². The monoisotopic (exact) mass is 910 g/mol. The van der Waals surface area contributed by atoms with Gasteiger partial charge in [0.1, 0.15) is 12.7 Å². The van der Waals surface area contributed by atoms with E-state index in [1.807, 2.05) is 0 Å². The molecule has 0 aliphatic carbocycles. The summed E-state index contributed by atoms with van der Waals surface area (Å²) in [5.41, 5.74) is 0. The predicted molar refractivity (Wildman–Crippen MR) is 249 cm³/mol. The van der Waals surface area contributed by atoms with Crippen molar-refractivity contribution in [3.8, 4) is 0 Å². The highest BCUT2D eigenvalue weighted by Crippen LogP contribution is 2.18. The van der Waals surface area contributed by atoms with Crippen LogP contribution in [0.25, 0.3) is 0 Å². The van der Waals surface area contributed by atoms with Crippen molar-refractivity contribution in [2.45, 2.75) is 239 Å². The second kappa shape index (κ2) is 41.2. The van der Waals surface area contributed by atoms with Crippen molar-refractivity contribution in [1.82, 2.24) is 5.32 Å². The molecule has 2 atom stereocenters. The van der Waals surface area contributed by atoms with Crippen LogP contribution in [-0.2, 0) is 57.2 Å². The maximum absolute atomic E-state index is 13.1. The minimum absolute atomic E-state index is 0.0426. The van der Waals surface area contributed by atoms with Crippen LogP contribution in [0.1, 0.15) is 227 Å². The first kappa shape index (κ1) is 58.8. The van der Waals surface area contributed by atoms with Gasteiger partial charge in [-0.25, -0.2) is 0 Å². The van der Waals surface area contributed by atoms with Gasteiger partial charge in [0.05, 0.1) is 39.3 Å². The third-order valence-electron chi connectivity index (χ3n) is 11.7. The molecular formula is C51H91NO12. The van der Waals surface area contributed by atoms with Gasteiger partial charge < -0.3 is 33.7 Å². The molecule has 64 heavy (non-hydrogen) atoms. The normalized spacial score (nSPS) is 14.7. The molecule has 1 rings (SSSR count). The minimum atomic E-state index is -0.544. The number of hydrogen-bond donors (Lipinski definition) is 1. The second-order valence-electron chi connectivity index (χ2n) is 18.1. The molecular weight excluding hydrogens is 819 g/mol. The summed E-state index contributed by atoms with van der Waals surface area (Å²) >= 11 is 0. The van der Waals surface area contributed by atoms with E-state index >= 15 is 0 Å². The second-order valence-corrected chi connectivity index (χ2v) is 18.1. The summed E-state index contributed by atoms with van der Waals surface area (Å²) < 4.78 is 33.5. The standard InChI is InChI=1S/C51H91NO12/c1-5-9-13-17-21-25-29-46(53)59-37-42(38-60-47(54)30-26-22-18-14-10-6-2)33-50(57)63-41-44-35-45(36-52-44)64-51(58)34-43(39-61-48(55)31-27-23-19-15-11-7-3)40-62-49(56)32-28-24-20-16-12-8-4/h42-45,52H,5-41H2,1-4H3/t44-,45-/m0/s1. The third-order valence-corrected chi connectivity index (χ3v) is 11.7. The van der Waals surface area contributed by atoms with Crippen LogP contribution in [0.4, 0.5) is 0 Å². The molecule has 0 amide bonds. The van der Waals surface area contributed by atoms with Gasteiger partial charge in [-0.15, -0.1) is 0 Å². The average molecular weight is 910 g/mol. The van der Waals surface area contributed by atoms with Crippen LogP contribution in [0.15, 0.2) is 0 Å². The van der Waals surface area contributed by atoms with E-state index in [9.17, 15) is 28.8 Å². The van der Waals surface area contributed by atoms with E-state index in [0.29, 0.717) is 38.6 Å². The number of esters is 6. The van der Waals surface area contributed by atoms with E-state index in [1.165, 1.54) is 25.7 Å². The lowest BCUT2D eigenvalue weighted by Gasteiger charge is -2.19. The van der Waals surface area contributed by atoms with Crippen molar-refractivity contribution in [2.75, 3.05) is 39.6 Å². The zero-order chi connectivity index (χ0) is 46.9. The Hall–Kier alpha value is -3.22. The van der Waals surface area contributed by atoms with Gasteiger partial charge in [-0.2, -0.15) is 0 Å². The molecule has 0 spiro atoms. The molecule has 13 nitrogen and oxygen atoms in total. The molecule has 372 valence electrons. The highest BCUT2D eigenvalue weighted by Gasteiger charge is 2.30. The molecule has 1 aliphatic rings. The smallest absolute Gasteiger partial charge is 0.306 e. The van der Waals surface area contributed by atoms with E-state index in [1.54, 1.807) is 0 Å². The van der Waals surface area contributed by atoms with Crippen LogP contribution in [0.3, 0.4) is 0 Å². The fraction of sp³-hybridized carbons (Fsp3) is 0.882. The van der Waals surface area contributed by atoms with E-state index in [4.69, 9.17) is 28.4 Å². The molecule has 0 radical (unpaired) electrons. The topological polar surface area (TPSA) is 170 Å². The molecule has 1 heterocycles. The molecule has 0 aromatic rings. The molecule has 13 heteroatoms. The molecule has 0 aromatic heterocycles. The minimum Gasteiger partial charge on any atom is -0.465 e. The van der Waals surface area contributed by atoms with E-state index in [-0.39, 0.29) is 75.8 Å². The van der Waals surface area contributed by atoms with Gasteiger partial charge in [-0.1, -0.05) is 156 Å². The molecule has 1 saturated heterocycles. The van der Waals surface area contributed by atoms with Crippen LogP contribution >= 0.6 is 0 Å². The number of carbonyl (C=O) groups excluding carboxylic acids is 6. The molecule has 0 aromatic carbocycles. The predicted octanol–water partition coefficient (Wildman–Crippen LogP) is 11.0. The van der Waals surface area contributed by atoms with Crippen molar-refractivity contribution in [3.05, 3.63) is 0 Å². The lowest BCUT2D eigenvalue weighted by atomic mass is 10.1. The summed E-state index contributed by atoms with van der Waals surface area (Å²) in [6, 6.07) is -0.257. The quantitative estimate of drug-likeness (QED) is 0.0349. The van der Waals surface area contributed by atoms with E-state index in [2.05, 4.69) is 33.0 Å². The number of nitrogens with one attached hydrogen (secondary N) is 1. The van der Waals surface area contributed by atoms with E-state index < -0.39 is 29.9 Å². The number of rotatable bonds is 43. The zero-order valence-corrected chi connectivity index (χ0v) is 40.9. The number of unbranched alkanes of at least 4 members (excludes halogenated alkanes) is 20.